The SMILES string of the molecule is NC1=NCC(c2ccc(SC(F)(F)F)cc2)N1CC1CC1. The standard InChI is InChI=1S/C14H16F3N3S/c15-14(16,17)21-11-5-3-10(4-6-11)12-7-19-13(18)20(12)8-9-1-2-9/h3-6,9,12H,1-2,7-8H2,(H2,18,19). The van der Waals surface area contributed by atoms with Gasteiger partial charge < -0.3 is 10.6 Å². The van der Waals surface area contributed by atoms with Gasteiger partial charge in [0.25, 0.3) is 0 Å². The van der Waals surface area contributed by atoms with Gasteiger partial charge in [0.15, 0.2) is 5.96 Å². The Morgan fingerprint density at radius 2 is 1.90 bits per heavy atom. The summed E-state index contributed by atoms with van der Waals surface area (Å²) in [4.78, 5) is 6.55. The number of halogens is 3. The van der Waals surface area contributed by atoms with Crippen molar-refractivity contribution < 1.29 is 13.2 Å². The highest BCUT2D eigenvalue weighted by atomic mass is 32.2. The van der Waals surface area contributed by atoms with Gasteiger partial charge in [0.05, 0.1) is 12.6 Å². The van der Waals surface area contributed by atoms with Crippen molar-refractivity contribution in [3.8, 4) is 0 Å². The average molecular weight is 315 g/mol. The first-order valence-electron chi connectivity index (χ1n) is 6.84. The fourth-order valence-electron chi connectivity index (χ4n) is 2.51. The Kier molecular flexibility index (Phi) is 3.77. The third kappa shape index (κ3) is 3.64. The summed E-state index contributed by atoms with van der Waals surface area (Å²) in [6.45, 7) is 1.46. The summed E-state index contributed by atoms with van der Waals surface area (Å²) in [6, 6.07) is 6.56. The van der Waals surface area contributed by atoms with Gasteiger partial charge in [0.2, 0.25) is 0 Å². The van der Waals surface area contributed by atoms with Crippen LogP contribution in [-0.2, 0) is 0 Å². The van der Waals surface area contributed by atoms with Crippen LogP contribution in [0.15, 0.2) is 34.2 Å². The monoisotopic (exact) mass is 315 g/mol. The van der Waals surface area contributed by atoms with E-state index in [0.29, 0.717) is 18.4 Å². The van der Waals surface area contributed by atoms with Gasteiger partial charge in [-0.25, -0.2) is 0 Å². The fraction of sp³-hybridized carbons (Fsp3) is 0.500. The molecule has 0 saturated heterocycles. The van der Waals surface area contributed by atoms with Gasteiger partial charge in [-0.05, 0) is 48.2 Å². The van der Waals surface area contributed by atoms with Crippen LogP contribution in [0.4, 0.5) is 13.2 Å². The molecule has 3 rings (SSSR count). The lowest BCUT2D eigenvalue weighted by Gasteiger charge is -2.26. The van der Waals surface area contributed by atoms with Crippen LogP contribution < -0.4 is 5.73 Å². The topological polar surface area (TPSA) is 41.6 Å². The smallest absolute Gasteiger partial charge is 0.370 e. The van der Waals surface area contributed by atoms with Crippen molar-refractivity contribution in [2.75, 3.05) is 13.1 Å². The molecule has 3 nitrogen and oxygen atoms in total. The summed E-state index contributed by atoms with van der Waals surface area (Å²) < 4.78 is 37.0. The third-order valence-electron chi connectivity index (χ3n) is 3.75. The molecule has 0 spiro atoms. The zero-order chi connectivity index (χ0) is 15.0. The Balaban J connectivity index is 1.71. The summed E-state index contributed by atoms with van der Waals surface area (Å²) in [5, 5.41) is 0. The molecule has 1 atom stereocenters. The van der Waals surface area contributed by atoms with Crippen molar-refractivity contribution >= 4 is 17.7 Å². The first kappa shape index (κ1) is 14.6. The van der Waals surface area contributed by atoms with Crippen molar-refractivity contribution in [1.82, 2.24) is 4.90 Å². The molecule has 7 heteroatoms. The van der Waals surface area contributed by atoms with Crippen molar-refractivity contribution in [2.24, 2.45) is 16.6 Å². The van der Waals surface area contributed by atoms with E-state index < -0.39 is 5.51 Å². The summed E-state index contributed by atoms with van der Waals surface area (Å²) in [7, 11) is 0. The maximum Gasteiger partial charge on any atom is 0.446 e. The molecule has 0 aromatic heterocycles. The molecule has 2 aliphatic rings. The van der Waals surface area contributed by atoms with E-state index in [4.69, 9.17) is 5.73 Å². The second-order valence-corrected chi connectivity index (χ2v) is 6.57. The van der Waals surface area contributed by atoms with Gasteiger partial charge in [-0.2, -0.15) is 13.2 Å². The molecular weight excluding hydrogens is 299 g/mol. The third-order valence-corrected chi connectivity index (χ3v) is 4.49. The van der Waals surface area contributed by atoms with E-state index in [2.05, 4.69) is 9.89 Å². The minimum absolute atomic E-state index is 0.0514. The Morgan fingerprint density at radius 3 is 2.48 bits per heavy atom. The molecule has 1 heterocycles. The van der Waals surface area contributed by atoms with Gasteiger partial charge >= 0.3 is 5.51 Å². The van der Waals surface area contributed by atoms with Crippen LogP contribution in [0.5, 0.6) is 0 Å². The van der Waals surface area contributed by atoms with Gasteiger partial charge in [-0.15, -0.1) is 0 Å². The van der Waals surface area contributed by atoms with Crippen LogP contribution in [0.2, 0.25) is 0 Å². The molecule has 1 aliphatic heterocycles. The lowest BCUT2D eigenvalue weighted by Crippen LogP contribution is -2.37. The number of hydrogen-bond acceptors (Lipinski definition) is 4. The summed E-state index contributed by atoms with van der Waals surface area (Å²) in [5.41, 5.74) is 2.63. The van der Waals surface area contributed by atoms with Crippen LogP contribution in [-0.4, -0.2) is 29.5 Å². The molecule has 1 aromatic rings. The summed E-state index contributed by atoms with van der Waals surface area (Å²) >= 11 is -0.0930. The molecular formula is C14H16F3N3S. The van der Waals surface area contributed by atoms with E-state index in [-0.39, 0.29) is 22.7 Å². The summed E-state index contributed by atoms with van der Waals surface area (Å²) in [5.74, 6) is 1.22. The molecule has 1 unspecified atom stereocenters. The highest BCUT2D eigenvalue weighted by Crippen LogP contribution is 2.38. The predicted molar refractivity (Wildman–Crippen MR) is 77.0 cm³/mol. The van der Waals surface area contributed by atoms with Crippen LogP contribution in [0.3, 0.4) is 0 Å². The highest BCUT2D eigenvalue weighted by molar-refractivity contribution is 8.00. The zero-order valence-electron chi connectivity index (χ0n) is 11.3. The first-order chi connectivity index (χ1) is 9.92. The Hall–Kier alpha value is -1.37. The van der Waals surface area contributed by atoms with Crippen LogP contribution in [0.1, 0.15) is 24.4 Å². The molecule has 114 valence electrons. The number of nitrogens with zero attached hydrogens (tertiary/aromatic N) is 2. The van der Waals surface area contributed by atoms with E-state index in [1.807, 2.05) is 0 Å². The number of nitrogens with two attached hydrogens (primary N) is 1. The van der Waals surface area contributed by atoms with Gasteiger partial charge in [-0.3, -0.25) is 4.99 Å². The normalized spacial score (nSPS) is 22.5. The van der Waals surface area contributed by atoms with Gasteiger partial charge in [-0.1, -0.05) is 12.1 Å². The molecule has 1 fully saturated rings. The lowest BCUT2D eigenvalue weighted by atomic mass is 10.1. The highest BCUT2D eigenvalue weighted by Gasteiger charge is 2.33. The second-order valence-electron chi connectivity index (χ2n) is 5.43. The quantitative estimate of drug-likeness (QED) is 0.866. The number of thioether (sulfide) groups is 1. The molecule has 0 bridgehead atoms. The van der Waals surface area contributed by atoms with Crippen molar-refractivity contribution in [2.45, 2.75) is 29.3 Å². The Labute approximate surface area is 125 Å². The number of hydrogen-bond donors (Lipinski definition) is 1. The molecule has 0 radical (unpaired) electrons. The van der Waals surface area contributed by atoms with Crippen molar-refractivity contribution in [1.29, 1.82) is 0 Å². The molecule has 2 N–H and O–H groups in total. The number of alkyl halides is 3. The van der Waals surface area contributed by atoms with E-state index >= 15 is 0 Å². The maximum absolute atomic E-state index is 12.3. The minimum atomic E-state index is -4.25. The number of aliphatic imine (C=N–C) groups is 1. The van der Waals surface area contributed by atoms with Crippen LogP contribution in [0, 0.1) is 5.92 Å². The zero-order valence-corrected chi connectivity index (χ0v) is 12.1. The second kappa shape index (κ2) is 5.44. The van der Waals surface area contributed by atoms with Crippen molar-refractivity contribution in [3.63, 3.8) is 0 Å². The molecule has 1 aliphatic carbocycles. The van der Waals surface area contributed by atoms with Gasteiger partial charge in [0.1, 0.15) is 0 Å². The Bertz CT molecular complexity index is 537. The molecule has 0 amide bonds. The van der Waals surface area contributed by atoms with E-state index in [0.717, 1.165) is 12.1 Å². The largest absolute Gasteiger partial charge is 0.446 e. The van der Waals surface area contributed by atoms with E-state index in [1.165, 1.54) is 25.0 Å². The van der Waals surface area contributed by atoms with Gasteiger partial charge in [0, 0.05) is 11.4 Å². The first-order valence-corrected chi connectivity index (χ1v) is 7.66. The molecule has 1 saturated carbocycles. The average Bonchev–Trinajstić information content (AvgIpc) is 3.14. The Morgan fingerprint density at radius 1 is 1.24 bits per heavy atom. The number of benzene rings is 1. The van der Waals surface area contributed by atoms with E-state index in [9.17, 15) is 13.2 Å². The van der Waals surface area contributed by atoms with E-state index in [1.54, 1.807) is 12.1 Å². The van der Waals surface area contributed by atoms with Crippen molar-refractivity contribution in [3.05, 3.63) is 29.8 Å². The number of rotatable bonds is 4. The summed E-state index contributed by atoms with van der Waals surface area (Å²) in [6.07, 6.45) is 2.44. The fourth-order valence-corrected chi connectivity index (χ4v) is 3.04. The molecule has 1 aromatic carbocycles. The predicted octanol–water partition coefficient (Wildman–Crippen LogP) is 3.38. The maximum atomic E-state index is 12.3. The van der Waals surface area contributed by atoms with Crippen LogP contribution in [0.25, 0.3) is 0 Å². The minimum Gasteiger partial charge on any atom is -0.370 e. The molecule has 21 heavy (non-hydrogen) atoms. The number of guanidine groups is 1. The lowest BCUT2D eigenvalue weighted by molar-refractivity contribution is -0.0328. The van der Waals surface area contributed by atoms with Crippen LogP contribution >= 0.6 is 11.8 Å².